The van der Waals surface area contributed by atoms with E-state index in [-0.39, 0.29) is 5.41 Å². The Hall–Kier alpha value is -1.09. The first-order valence-corrected chi connectivity index (χ1v) is 5.13. The van der Waals surface area contributed by atoms with Crippen molar-refractivity contribution >= 4 is 6.29 Å². The fourth-order valence-corrected chi connectivity index (χ4v) is 1.09. The molecule has 0 saturated heterocycles. The lowest BCUT2D eigenvalue weighted by Gasteiger charge is -2.17. The lowest BCUT2D eigenvalue weighted by atomic mass is 9.93. The highest BCUT2D eigenvalue weighted by molar-refractivity contribution is 5.70. The predicted octanol–water partition coefficient (Wildman–Crippen LogP) is 3.04. The van der Waals surface area contributed by atoms with E-state index in [1.165, 1.54) is 0 Å². The van der Waals surface area contributed by atoms with Crippen molar-refractivity contribution in [3.8, 4) is 0 Å². The smallest absolute Gasteiger partial charge is 0.185 e. The minimum atomic E-state index is 0.289. The summed E-state index contributed by atoms with van der Waals surface area (Å²) in [6.45, 7) is 7.67. The monoisotopic (exact) mass is 210 g/mol. The second-order valence-electron chi connectivity index (χ2n) is 4.79. The number of rotatable bonds is 5. The molecule has 0 aliphatic rings. The molecule has 0 unspecified atom stereocenters. The molecule has 0 spiro atoms. The van der Waals surface area contributed by atoms with E-state index in [0.717, 1.165) is 6.42 Å². The number of carbonyl (C=O) groups is 1. The van der Waals surface area contributed by atoms with Crippen molar-refractivity contribution in [2.45, 2.75) is 33.8 Å². The van der Waals surface area contributed by atoms with Crippen LogP contribution in [0.4, 0.5) is 0 Å². The van der Waals surface area contributed by atoms with Crippen LogP contribution in [0.1, 0.15) is 43.5 Å². The van der Waals surface area contributed by atoms with Gasteiger partial charge in [-0.1, -0.05) is 20.8 Å². The standard InChI is InChI=1S/C12H18O3/c1-12(2,3)6-7-14-9-11-5-4-10(8-13)15-11/h4-5,8H,6-7,9H2,1-3H3. The molecule has 0 amide bonds. The zero-order chi connectivity index (χ0) is 11.3. The Balaban J connectivity index is 2.23. The number of hydrogen-bond donors (Lipinski definition) is 0. The largest absolute Gasteiger partial charge is 0.456 e. The average Bonchev–Trinajstić information content (AvgIpc) is 2.59. The lowest BCUT2D eigenvalue weighted by molar-refractivity contribution is 0.0832. The third-order valence-corrected chi connectivity index (χ3v) is 2.04. The summed E-state index contributed by atoms with van der Waals surface area (Å²) in [5, 5.41) is 0. The van der Waals surface area contributed by atoms with Crippen LogP contribution in [0.2, 0.25) is 0 Å². The van der Waals surface area contributed by atoms with Gasteiger partial charge in [-0.05, 0) is 24.0 Å². The lowest BCUT2D eigenvalue weighted by Crippen LogP contribution is -2.09. The summed E-state index contributed by atoms with van der Waals surface area (Å²) in [6, 6.07) is 3.41. The van der Waals surface area contributed by atoms with Gasteiger partial charge in [0.25, 0.3) is 0 Å². The molecule has 1 aromatic heterocycles. The summed E-state index contributed by atoms with van der Waals surface area (Å²) < 4.78 is 10.6. The fraction of sp³-hybridized carbons (Fsp3) is 0.583. The van der Waals surface area contributed by atoms with Crippen LogP contribution in [-0.2, 0) is 11.3 Å². The van der Waals surface area contributed by atoms with Crippen molar-refractivity contribution in [3.63, 3.8) is 0 Å². The highest BCUT2D eigenvalue weighted by Crippen LogP contribution is 2.18. The Labute approximate surface area is 90.4 Å². The quantitative estimate of drug-likeness (QED) is 0.554. The molecular formula is C12H18O3. The van der Waals surface area contributed by atoms with E-state index >= 15 is 0 Å². The summed E-state index contributed by atoms with van der Waals surface area (Å²) in [5.74, 6) is 1.05. The minimum absolute atomic E-state index is 0.289. The molecule has 0 fully saturated rings. The third-order valence-electron chi connectivity index (χ3n) is 2.04. The van der Waals surface area contributed by atoms with Gasteiger partial charge in [0.1, 0.15) is 12.4 Å². The van der Waals surface area contributed by atoms with Gasteiger partial charge >= 0.3 is 0 Å². The summed E-state index contributed by atoms with van der Waals surface area (Å²) >= 11 is 0. The normalized spacial score (nSPS) is 11.7. The zero-order valence-electron chi connectivity index (χ0n) is 9.58. The van der Waals surface area contributed by atoms with Crippen LogP contribution in [0.3, 0.4) is 0 Å². The average molecular weight is 210 g/mol. The molecule has 0 aromatic carbocycles. The molecule has 0 saturated carbocycles. The number of carbonyl (C=O) groups excluding carboxylic acids is 1. The maximum absolute atomic E-state index is 10.3. The van der Waals surface area contributed by atoms with Crippen molar-refractivity contribution in [2.75, 3.05) is 6.61 Å². The molecule has 0 aliphatic carbocycles. The highest BCUT2D eigenvalue weighted by atomic mass is 16.5. The number of hydrogen-bond acceptors (Lipinski definition) is 3. The van der Waals surface area contributed by atoms with E-state index in [2.05, 4.69) is 20.8 Å². The molecule has 3 nitrogen and oxygen atoms in total. The van der Waals surface area contributed by atoms with Gasteiger partial charge in [-0.25, -0.2) is 0 Å². The first-order chi connectivity index (χ1) is 7.01. The molecule has 0 aliphatic heterocycles. The van der Waals surface area contributed by atoms with Crippen molar-refractivity contribution in [3.05, 3.63) is 23.7 Å². The van der Waals surface area contributed by atoms with Crippen LogP contribution in [0.5, 0.6) is 0 Å². The van der Waals surface area contributed by atoms with Gasteiger partial charge in [0, 0.05) is 6.61 Å². The van der Waals surface area contributed by atoms with Gasteiger partial charge in [-0.3, -0.25) is 4.79 Å². The third kappa shape index (κ3) is 4.79. The second-order valence-corrected chi connectivity index (χ2v) is 4.79. The van der Waals surface area contributed by atoms with E-state index in [1.807, 2.05) is 0 Å². The number of furan rings is 1. The Morgan fingerprint density at radius 3 is 2.67 bits per heavy atom. The van der Waals surface area contributed by atoms with Gasteiger partial charge in [0.15, 0.2) is 12.0 Å². The molecule has 3 heteroatoms. The van der Waals surface area contributed by atoms with Crippen molar-refractivity contribution in [2.24, 2.45) is 5.41 Å². The summed E-state index contributed by atoms with van der Waals surface area (Å²) in [6.07, 6.45) is 1.70. The van der Waals surface area contributed by atoms with E-state index in [1.54, 1.807) is 12.1 Å². The van der Waals surface area contributed by atoms with Gasteiger partial charge in [0.2, 0.25) is 0 Å². The summed E-state index contributed by atoms with van der Waals surface area (Å²) in [5.41, 5.74) is 0.289. The van der Waals surface area contributed by atoms with E-state index < -0.39 is 0 Å². The van der Waals surface area contributed by atoms with Gasteiger partial charge < -0.3 is 9.15 Å². The maximum Gasteiger partial charge on any atom is 0.185 e. The van der Waals surface area contributed by atoms with Crippen LogP contribution in [0, 0.1) is 5.41 Å². The van der Waals surface area contributed by atoms with Gasteiger partial charge in [-0.2, -0.15) is 0 Å². The topological polar surface area (TPSA) is 39.4 Å². The molecule has 15 heavy (non-hydrogen) atoms. The van der Waals surface area contributed by atoms with E-state index in [9.17, 15) is 4.79 Å². The predicted molar refractivity (Wildman–Crippen MR) is 57.8 cm³/mol. The molecule has 1 rings (SSSR count). The maximum atomic E-state index is 10.3. The van der Waals surface area contributed by atoms with Gasteiger partial charge in [0.05, 0.1) is 0 Å². The Morgan fingerprint density at radius 2 is 2.13 bits per heavy atom. The Bertz CT molecular complexity index is 307. The second kappa shape index (κ2) is 5.12. The molecule has 84 valence electrons. The number of ether oxygens (including phenoxy) is 1. The zero-order valence-corrected chi connectivity index (χ0v) is 9.58. The summed E-state index contributed by atoms with van der Waals surface area (Å²) in [4.78, 5) is 10.3. The fourth-order valence-electron chi connectivity index (χ4n) is 1.09. The molecule has 0 bridgehead atoms. The first kappa shape index (κ1) is 12.0. The van der Waals surface area contributed by atoms with E-state index in [4.69, 9.17) is 9.15 Å². The first-order valence-electron chi connectivity index (χ1n) is 5.13. The number of aldehydes is 1. The van der Waals surface area contributed by atoms with Crippen LogP contribution in [-0.4, -0.2) is 12.9 Å². The molecular weight excluding hydrogens is 192 g/mol. The molecule has 0 radical (unpaired) electrons. The van der Waals surface area contributed by atoms with Crippen LogP contribution in [0.25, 0.3) is 0 Å². The molecule has 1 heterocycles. The SMILES string of the molecule is CC(C)(C)CCOCc1ccc(C=O)o1. The van der Waals surface area contributed by atoms with Crippen LogP contribution >= 0.6 is 0 Å². The minimum Gasteiger partial charge on any atom is -0.456 e. The summed E-state index contributed by atoms with van der Waals surface area (Å²) in [7, 11) is 0. The molecule has 0 atom stereocenters. The van der Waals surface area contributed by atoms with Crippen molar-refractivity contribution in [1.29, 1.82) is 0 Å². The Morgan fingerprint density at radius 1 is 1.40 bits per heavy atom. The Kier molecular flexibility index (Phi) is 4.09. The van der Waals surface area contributed by atoms with Crippen molar-refractivity contribution < 1.29 is 13.9 Å². The van der Waals surface area contributed by atoms with Crippen LogP contribution < -0.4 is 0 Å². The molecule has 1 aromatic rings. The highest BCUT2D eigenvalue weighted by Gasteiger charge is 2.09. The van der Waals surface area contributed by atoms with Gasteiger partial charge in [-0.15, -0.1) is 0 Å². The molecule has 0 N–H and O–H groups in total. The van der Waals surface area contributed by atoms with E-state index in [0.29, 0.717) is 31.0 Å². The van der Waals surface area contributed by atoms with Crippen molar-refractivity contribution in [1.82, 2.24) is 0 Å². The van der Waals surface area contributed by atoms with Crippen LogP contribution in [0.15, 0.2) is 16.5 Å².